The van der Waals surface area contributed by atoms with Gasteiger partial charge in [-0.05, 0) is 30.5 Å². The topological polar surface area (TPSA) is 63.2 Å². The number of ether oxygens (including phenoxy) is 2. The number of amides is 1. The molecular formula is C20H28F3N3O3. The number of amidine groups is 1. The summed E-state index contributed by atoms with van der Waals surface area (Å²) in [4.78, 5) is 19.0. The molecule has 0 spiro atoms. The Kier molecular flexibility index (Phi) is 8.91. The number of alkyl halides is 3. The Hall–Kier alpha value is -2.13. The highest BCUT2D eigenvalue weighted by molar-refractivity contribution is 6.04. The molecule has 1 aliphatic heterocycles. The molecule has 0 aliphatic carbocycles. The van der Waals surface area contributed by atoms with Crippen LogP contribution in [0.4, 0.5) is 13.2 Å². The van der Waals surface area contributed by atoms with Crippen LogP contribution in [-0.2, 0) is 15.7 Å². The summed E-state index contributed by atoms with van der Waals surface area (Å²) in [6.45, 7) is 8.73. The highest BCUT2D eigenvalue weighted by Gasteiger charge is 2.31. The zero-order valence-electron chi connectivity index (χ0n) is 16.8. The number of rotatable bonds is 7. The summed E-state index contributed by atoms with van der Waals surface area (Å²) in [5.41, 5.74) is -0.980. The molecule has 162 valence electrons. The molecule has 1 aromatic carbocycles. The van der Waals surface area contributed by atoms with E-state index in [1.165, 1.54) is 12.1 Å². The second kappa shape index (κ2) is 11.2. The Bertz CT molecular complexity index is 687. The SMILES string of the molecule is CC(C)COC(=NCCCN1CCOCC1)NC(=O)c1cccc(C(F)(F)F)c1. The van der Waals surface area contributed by atoms with Gasteiger partial charge in [0, 0.05) is 31.7 Å². The molecule has 1 saturated heterocycles. The summed E-state index contributed by atoms with van der Waals surface area (Å²) in [7, 11) is 0. The van der Waals surface area contributed by atoms with Gasteiger partial charge in [-0.15, -0.1) is 0 Å². The van der Waals surface area contributed by atoms with Gasteiger partial charge in [0.15, 0.2) is 0 Å². The highest BCUT2D eigenvalue weighted by Crippen LogP contribution is 2.29. The lowest BCUT2D eigenvalue weighted by molar-refractivity contribution is -0.137. The van der Waals surface area contributed by atoms with E-state index in [1.807, 2.05) is 13.8 Å². The van der Waals surface area contributed by atoms with E-state index in [0.29, 0.717) is 13.2 Å². The predicted octanol–water partition coefficient (Wildman–Crippen LogP) is 3.19. The van der Waals surface area contributed by atoms with Crippen molar-refractivity contribution >= 4 is 11.9 Å². The fraction of sp³-hybridized carbons (Fsp3) is 0.600. The van der Waals surface area contributed by atoms with E-state index in [9.17, 15) is 18.0 Å². The van der Waals surface area contributed by atoms with Crippen LogP contribution >= 0.6 is 0 Å². The van der Waals surface area contributed by atoms with Gasteiger partial charge in [-0.25, -0.2) is 4.99 Å². The number of nitrogens with zero attached hydrogens (tertiary/aromatic N) is 2. The fourth-order valence-corrected chi connectivity index (χ4v) is 2.67. The molecule has 1 N–H and O–H groups in total. The molecule has 1 heterocycles. The zero-order chi connectivity index (χ0) is 21.3. The Morgan fingerprint density at radius 1 is 1.31 bits per heavy atom. The number of nitrogens with one attached hydrogen (secondary N) is 1. The van der Waals surface area contributed by atoms with Gasteiger partial charge in [-0.2, -0.15) is 13.2 Å². The van der Waals surface area contributed by atoms with Crippen molar-refractivity contribution in [2.24, 2.45) is 10.9 Å². The van der Waals surface area contributed by atoms with Gasteiger partial charge in [0.05, 0.1) is 25.4 Å². The molecule has 2 rings (SSSR count). The van der Waals surface area contributed by atoms with Gasteiger partial charge in [0.1, 0.15) is 0 Å². The number of hydrogen-bond donors (Lipinski definition) is 1. The van der Waals surface area contributed by atoms with Gasteiger partial charge < -0.3 is 9.47 Å². The lowest BCUT2D eigenvalue weighted by Gasteiger charge is -2.26. The largest absolute Gasteiger partial charge is 0.465 e. The van der Waals surface area contributed by atoms with E-state index >= 15 is 0 Å². The van der Waals surface area contributed by atoms with Crippen LogP contribution in [0.15, 0.2) is 29.3 Å². The molecule has 0 saturated carbocycles. The summed E-state index contributed by atoms with van der Waals surface area (Å²) in [6.07, 6.45) is -3.74. The second-order valence-electron chi connectivity index (χ2n) is 7.23. The molecule has 29 heavy (non-hydrogen) atoms. The first-order chi connectivity index (χ1) is 13.8. The summed E-state index contributed by atoms with van der Waals surface area (Å²) >= 11 is 0. The minimum absolute atomic E-state index is 0.0306. The Morgan fingerprint density at radius 2 is 2.03 bits per heavy atom. The molecule has 0 bridgehead atoms. The number of benzene rings is 1. The first-order valence-corrected chi connectivity index (χ1v) is 9.71. The predicted molar refractivity (Wildman–Crippen MR) is 104 cm³/mol. The zero-order valence-corrected chi connectivity index (χ0v) is 16.8. The van der Waals surface area contributed by atoms with Crippen molar-refractivity contribution in [1.29, 1.82) is 0 Å². The molecule has 1 fully saturated rings. The van der Waals surface area contributed by atoms with Crippen LogP contribution in [0.2, 0.25) is 0 Å². The van der Waals surface area contributed by atoms with Crippen molar-refractivity contribution in [1.82, 2.24) is 10.2 Å². The third-order valence-corrected chi connectivity index (χ3v) is 4.22. The van der Waals surface area contributed by atoms with Gasteiger partial charge >= 0.3 is 6.18 Å². The molecule has 0 unspecified atom stereocenters. The van der Waals surface area contributed by atoms with Crippen molar-refractivity contribution in [3.05, 3.63) is 35.4 Å². The molecule has 1 amide bonds. The molecule has 6 nitrogen and oxygen atoms in total. The van der Waals surface area contributed by atoms with Crippen LogP contribution in [0.25, 0.3) is 0 Å². The summed E-state index contributed by atoms with van der Waals surface area (Å²) in [5, 5.41) is 2.49. The minimum Gasteiger partial charge on any atom is -0.465 e. The monoisotopic (exact) mass is 415 g/mol. The molecular weight excluding hydrogens is 387 g/mol. The maximum absolute atomic E-state index is 12.9. The molecule has 0 atom stereocenters. The smallest absolute Gasteiger partial charge is 0.416 e. The average molecular weight is 415 g/mol. The number of hydrogen-bond acceptors (Lipinski definition) is 5. The van der Waals surface area contributed by atoms with Gasteiger partial charge in [0.2, 0.25) is 0 Å². The molecule has 0 aromatic heterocycles. The highest BCUT2D eigenvalue weighted by atomic mass is 19.4. The Labute approximate surface area is 169 Å². The molecule has 0 radical (unpaired) electrons. The second-order valence-corrected chi connectivity index (χ2v) is 7.23. The van der Waals surface area contributed by atoms with Crippen LogP contribution < -0.4 is 5.32 Å². The standard InChI is InChI=1S/C20H28F3N3O3/c1-15(2)14-29-19(24-7-4-8-26-9-11-28-12-10-26)25-18(27)16-5-3-6-17(13-16)20(21,22)23/h3,5-6,13,15H,4,7-12,14H2,1-2H3,(H,24,25,27). The molecule has 9 heteroatoms. The van der Waals surface area contributed by atoms with Crippen molar-refractivity contribution < 1.29 is 27.4 Å². The number of aliphatic imine (C=N–C) groups is 1. The van der Waals surface area contributed by atoms with Crippen LogP contribution in [0.1, 0.15) is 36.2 Å². The summed E-state index contributed by atoms with van der Waals surface area (Å²) in [5.74, 6) is -0.481. The van der Waals surface area contributed by atoms with Crippen LogP contribution in [-0.4, -0.2) is 62.8 Å². The van der Waals surface area contributed by atoms with E-state index < -0.39 is 17.6 Å². The van der Waals surface area contributed by atoms with E-state index in [1.54, 1.807) is 0 Å². The van der Waals surface area contributed by atoms with Crippen LogP contribution in [0, 0.1) is 5.92 Å². The van der Waals surface area contributed by atoms with Gasteiger partial charge in [-0.3, -0.25) is 15.0 Å². The van der Waals surface area contributed by atoms with E-state index in [4.69, 9.17) is 9.47 Å². The third kappa shape index (κ3) is 8.41. The van der Waals surface area contributed by atoms with Crippen molar-refractivity contribution in [2.45, 2.75) is 26.4 Å². The Morgan fingerprint density at radius 3 is 2.69 bits per heavy atom. The summed E-state index contributed by atoms with van der Waals surface area (Å²) in [6, 6.07) is 4.29. The quantitative estimate of drug-likeness (QED) is 0.422. The number of carbonyl (C=O) groups excluding carboxylic acids is 1. The first kappa shape index (κ1) is 23.2. The lowest BCUT2D eigenvalue weighted by atomic mass is 10.1. The van der Waals surface area contributed by atoms with Crippen molar-refractivity contribution in [3.63, 3.8) is 0 Å². The third-order valence-electron chi connectivity index (χ3n) is 4.22. The van der Waals surface area contributed by atoms with Gasteiger partial charge in [-0.1, -0.05) is 19.9 Å². The molecule has 1 aliphatic rings. The van der Waals surface area contributed by atoms with Crippen LogP contribution in [0.3, 0.4) is 0 Å². The normalized spacial score (nSPS) is 16.1. The minimum atomic E-state index is -4.51. The maximum atomic E-state index is 12.9. The Balaban J connectivity index is 1.96. The van der Waals surface area contributed by atoms with E-state index in [-0.39, 0.29) is 17.5 Å². The van der Waals surface area contributed by atoms with E-state index in [2.05, 4.69) is 15.2 Å². The number of morpholine rings is 1. The fourth-order valence-electron chi connectivity index (χ4n) is 2.67. The van der Waals surface area contributed by atoms with Crippen molar-refractivity contribution in [2.75, 3.05) is 46.0 Å². The lowest BCUT2D eigenvalue weighted by Crippen LogP contribution is -2.37. The van der Waals surface area contributed by atoms with E-state index in [0.717, 1.165) is 51.4 Å². The average Bonchev–Trinajstić information content (AvgIpc) is 2.69. The maximum Gasteiger partial charge on any atom is 0.416 e. The van der Waals surface area contributed by atoms with Crippen LogP contribution in [0.5, 0.6) is 0 Å². The van der Waals surface area contributed by atoms with Gasteiger partial charge in [0.25, 0.3) is 11.9 Å². The first-order valence-electron chi connectivity index (χ1n) is 9.71. The summed E-state index contributed by atoms with van der Waals surface area (Å²) < 4.78 is 49.5. The number of carbonyl (C=O) groups is 1. The van der Waals surface area contributed by atoms with Crippen molar-refractivity contribution in [3.8, 4) is 0 Å². The molecule has 1 aromatic rings. The number of halogens is 3.